The smallest absolute Gasteiger partial charge is 0.172 e. The number of nitrogens with two attached hydrogens (primary N) is 1. The Morgan fingerprint density at radius 3 is 2.46 bits per heavy atom. The summed E-state index contributed by atoms with van der Waals surface area (Å²) in [7, 11) is 0. The monoisotopic (exact) mass is 247 g/mol. The molecule has 0 bridgehead atoms. The minimum absolute atomic E-state index is 0.263. The SMILES string of the molecule is NC(CO)c1ccc(Br)c(O)c1O. The predicted molar refractivity (Wildman–Crippen MR) is 51.5 cm³/mol. The summed E-state index contributed by atoms with van der Waals surface area (Å²) in [5, 5.41) is 27.4. The maximum Gasteiger partial charge on any atom is 0.172 e. The third-order valence-corrected chi connectivity index (χ3v) is 2.37. The van der Waals surface area contributed by atoms with Crippen molar-refractivity contribution in [2.75, 3.05) is 6.61 Å². The number of phenolic OH excluding ortho intramolecular Hbond substituents is 2. The first-order chi connectivity index (χ1) is 6.07. The molecule has 13 heavy (non-hydrogen) atoms. The highest BCUT2D eigenvalue weighted by molar-refractivity contribution is 9.10. The third kappa shape index (κ3) is 1.93. The van der Waals surface area contributed by atoms with Crippen LogP contribution in [-0.2, 0) is 0 Å². The van der Waals surface area contributed by atoms with E-state index < -0.39 is 6.04 Å². The normalized spacial score (nSPS) is 12.8. The Balaban J connectivity index is 3.18. The molecule has 1 rings (SSSR count). The average molecular weight is 248 g/mol. The molecule has 0 radical (unpaired) electrons. The quantitative estimate of drug-likeness (QED) is 0.584. The molecule has 0 amide bonds. The second-order valence-electron chi connectivity index (χ2n) is 2.62. The van der Waals surface area contributed by atoms with E-state index in [1.807, 2.05) is 0 Å². The summed E-state index contributed by atoms with van der Waals surface area (Å²) in [6, 6.07) is 2.42. The van der Waals surface area contributed by atoms with Crippen LogP contribution in [0.15, 0.2) is 16.6 Å². The molecule has 0 fully saturated rings. The van der Waals surface area contributed by atoms with E-state index in [1.165, 1.54) is 0 Å². The van der Waals surface area contributed by atoms with E-state index in [4.69, 9.17) is 10.8 Å². The van der Waals surface area contributed by atoms with Gasteiger partial charge in [-0.1, -0.05) is 6.07 Å². The predicted octanol–water partition coefficient (Wildman–Crippen LogP) is 0.852. The highest BCUT2D eigenvalue weighted by Gasteiger charge is 2.14. The van der Waals surface area contributed by atoms with Crippen molar-refractivity contribution in [3.05, 3.63) is 22.2 Å². The molecule has 4 nitrogen and oxygen atoms in total. The highest BCUT2D eigenvalue weighted by Crippen LogP contribution is 2.37. The zero-order chi connectivity index (χ0) is 10.0. The summed E-state index contributed by atoms with van der Waals surface area (Å²) in [4.78, 5) is 0. The number of halogens is 1. The molecule has 5 N–H and O–H groups in total. The van der Waals surface area contributed by atoms with E-state index in [0.717, 1.165) is 0 Å². The van der Waals surface area contributed by atoms with Gasteiger partial charge in [-0.05, 0) is 22.0 Å². The van der Waals surface area contributed by atoms with Gasteiger partial charge in [0.15, 0.2) is 11.5 Å². The Morgan fingerprint density at radius 2 is 1.92 bits per heavy atom. The number of hydrogen-bond donors (Lipinski definition) is 4. The van der Waals surface area contributed by atoms with Crippen LogP contribution in [0, 0.1) is 0 Å². The lowest BCUT2D eigenvalue weighted by Gasteiger charge is -2.12. The van der Waals surface area contributed by atoms with Gasteiger partial charge in [0, 0.05) is 5.56 Å². The van der Waals surface area contributed by atoms with Gasteiger partial charge in [0.2, 0.25) is 0 Å². The van der Waals surface area contributed by atoms with Crippen molar-refractivity contribution in [2.24, 2.45) is 5.73 Å². The minimum Gasteiger partial charge on any atom is -0.504 e. The van der Waals surface area contributed by atoms with Gasteiger partial charge in [0.1, 0.15) is 0 Å². The Morgan fingerprint density at radius 1 is 1.31 bits per heavy atom. The summed E-state index contributed by atoms with van der Waals surface area (Å²) in [6.07, 6.45) is 0. The van der Waals surface area contributed by atoms with Gasteiger partial charge in [-0.3, -0.25) is 0 Å². The number of hydrogen-bond acceptors (Lipinski definition) is 4. The molecule has 0 aliphatic carbocycles. The molecule has 1 atom stereocenters. The van der Waals surface area contributed by atoms with Crippen molar-refractivity contribution in [1.29, 1.82) is 0 Å². The molecule has 0 aliphatic heterocycles. The largest absolute Gasteiger partial charge is 0.504 e. The van der Waals surface area contributed by atoms with Gasteiger partial charge < -0.3 is 21.1 Å². The summed E-state index contributed by atoms with van der Waals surface area (Å²) < 4.78 is 0.388. The topological polar surface area (TPSA) is 86.7 Å². The first kappa shape index (κ1) is 10.3. The molecular weight excluding hydrogens is 238 g/mol. The van der Waals surface area contributed by atoms with Crippen molar-refractivity contribution < 1.29 is 15.3 Å². The molecule has 5 heteroatoms. The van der Waals surface area contributed by atoms with Gasteiger partial charge in [0.25, 0.3) is 0 Å². The molecule has 1 aromatic rings. The molecule has 0 aliphatic rings. The Labute approximate surface area is 83.8 Å². The molecule has 0 spiro atoms. The van der Waals surface area contributed by atoms with Gasteiger partial charge in [-0.2, -0.15) is 0 Å². The number of benzene rings is 1. The number of phenols is 2. The summed E-state index contributed by atoms with van der Waals surface area (Å²) in [5.74, 6) is -0.558. The first-order valence-electron chi connectivity index (χ1n) is 3.64. The molecule has 0 aromatic heterocycles. The van der Waals surface area contributed by atoms with Crippen LogP contribution < -0.4 is 5.73 Å². The van der Waals surface area contributed by atoms with E-state index in [2.05, 4.69) is 15.9 Å². The lowest BCUT2D eigenvalue weighted by atomic mass is 10.1. The number of rotatable bonds is 2. The standard InChI is InChI=1S/C8H10BrNO3/c9-5-2-1-4(6(10)3-11)7(12)8(5)13/h1-2,6,11-13H,3,10H2. The second-order valence-corrected chi connectivity index (χ2v) is 3.48. The molecule has 0 saturated carbocycles. The van der Waals surface area contributed by atoms with Gasteiger partial charge in [-0.25, -0.2) is 0 Å². The Hall–Kier alpha value is -0.780. The van der Waals surface area contributed by atoms with Crippen LogP contribution in [-0.4, -0.2) is 21.9 Å². The fourth-order valence-electron chi connectivity index (χ4n) is 0.968. The minimum atomic E-state index is -0.681. The zero-order valence-corrected chi connectivity index (χ0v) is 8.32. The number of aliphatic hydroxyl groups is 1. The van der Waals surface area contributed by atoms with Crippen molar-refractivity contribution in [3.8, 4) is 11.5 Å². The van der Waals surface area contributed by atoms with Crippen molar-refractivity contribution >= 4 is 15.9 Å². The van der Waals surface area contributed by atoms with Crippen LogP contribution in [0.4, 0.5) is 0 Å². The zero-order valence-electron chi connectivity index (χ0n) is 6.74. The first-order valence-corrected chi connectivity index (χ1v) is 4.44. The van der Waals surface area contributed by atoms with Crippen LogP contribution in [0.1, 0.15) is 11.6 Å². The molecule has 1 aromatic carbocycles. The number of aliphatic hydroxyl groups excluding tert-OH is 1. The van der Waals surface area contributed by atoms with E-state index in [9.17, 15) is 10.2 Å². The summed E-state index contributed by atoms with van der Waals surface area (Å²) >= 11 is 3.04. The molecular formula is C8H10BrNO3. The maximum absolute atomic E-state index is 9.41. The highest BCUT2D eigenvalue weighted by atomic mass is 79.9. The molecule has 0 heterocycles. The Bertz CT molecular complexity index is 317. The fraction of sp³-hybridized carbons (Fsp3) is 0.250. The lowest BCUT2D eigenvalue weighted by molar-refractivity contribution is 0.264. The third-order valence-electron chi connectivity index (χ3n) is 1.73. The summed E-state index contributed by atoms with van der Waals surface area (Å²) in [6.45, 7) is -0.283. The van der Waals surface area contributed by atoms with E-state index in [1.54, 1.807) is 12.1 Å². The maximum atomic E-state index is 9.41. The van der Waals surface area contributed by atoms with Gasteiger partial charge >= 0.3 is 0 Å². The van der Waals surface area contributed by atoms with Crippen LogP contribution in [0.5, 0.6) is 11.5 Å². The second kappa shape index (κ2) is 3.95. The lowest BCUT2D eigenvalue weighted by Crippen LogP contribution is -2.14. The van der Waals surface area contributed by atoms with Crippen molar-refractivity contribution in [3.63, 3.8) is 0 Å². The molecule has 0 saturated heterocycles. The van der Waals surface area contributed by atoms with E-state index >= 15 is 0 Å². The van der Waals surface area contributed by atoms with Crippen molar-refractivity contribution in [2.45, 2.75) is 6.04 Å². The van der Waals surface area contributed by atoms with Crippen LogP contribution >= 0.6 is 15.9 Å². The Kier molecular flexibility index (Phi) is 3.13. The van der Waals surface area contributed by atoms with Crippen molar-refractivity contribution in [1.82, 2.24) is 0 Å². The van der Waals surface area contributed by atoms with Gasteiger partial charge in [-0.15, -0.1) is 0 Å². The van der Waals surface area contributed by atoms with Crippen LogP contribution in [0.3, 0.4) is 0 Å². The van der Waals surface area contributed by atoms with E-state index in [-0.39, 0.29) is 18.1 Å². The van der Waals surface area contributed by atoms with Crippen LogP contribution in [0.2, 0.25) is 0 Å². The molecule has 1 unspecified atom stereocenters. The number of aromatic hydroxyl groups is 2. The average Bonchev–Trinajstić information content (AvgIpc) is 2.13. The van der Waals surface area contributed by atoms with E-state index in [0.29, 0.717) is 10.0 Å². The van der Waals surface area contributed by atoms with Crippen LogP contribution in [0.25, 0.3) is 0 Å². The van der Waals surface area contributed by atoms with Gasteiger partial charge in [0.05, 0.1) is 17.1 Å². The fourth-order valence-corrected chi connectivity index (χ4v) is 1.29. The summed E-state index contributed by atoms with van der Waals surface area (Å²) in [5.41, 5.74) is 5.80. The molecule has 72 valence electrons.